The number of anilines is 1. The number of nitrogens with zero attached hydrogens (tertiary/aromatic N) is 1. The van der Waals surface area contributed by atoms with Crippen molar-refractivity contribution >= 4 is 23.0 Å². The minimum Gasteiger partial charge on any atom is -0.494 e. The van der Waals surface area contributed by atoms with Crippen LogP contribution in [0.3, 0.4) is 0 Å². The molecule has 3 heterocycles. The Bertz CT molecular complexity index is 733. The van der Waals surface area contributed by atoms with Gasteiger partial charge in [0.1, 0.15) is 11.5 Å². The Morgan fingerprint density at radius 1 is 1.19 bits per heavy atom. The van der Waals surface area contributed by atoms with Crippen molar-refractivity contribution in [2.45, 2.75) is 57.3 Å². The average Bonchev–Trinajstić information content (AvgIpc) is 3.24. The third-order valence-electron chi connectivity index (χ3n) is 5.56. The van der Waals surface area contributed by atoms with E-state index in [2.05, 4.69) is 21.6 Å². The maximum Gasteiger partial charge on any atom is 0.170 e. The largest absolute Gasteiger partial charge is 0.494 e. The summed E-state index contributed by atoms with van der Waals surface area (Å²) in [6.07, 6.45) is 6.55. The highest BCUT2D eigenvalue weighted by atomic mass is 32.1. The second-order valence-corrected chi connectivity index (χ2v) is 7.77. The van der Waals surface area contributed by atoms with E-state index in [1.165, 1.54) is 12.8 Å². The number of thiocarbonyl (C=S) groups is 1. The van der Waals surface area contributed by atoms with E-state index < -0.39 is 0 Å². The van der Waals surface area contributed by atoms with Gasteiger partial charge in [-0.25, -0.2) is 0 Å². The maximum absolute atomic E-state index is 5.55. The van der Waals surface area contributed by atoms with Crippen LogP contribution in [0.4, 0.5) is 5.69 Å². The van der Waals surface area contributed by atoms with E-state index in [-0.39, 0.29) is 0 Å². The molecule has 1 unspecified atom stereocenters. The lowest BCUT2D eigenvalue weighted by molar-refractivity contribution is 0.106. The predicted octanol–water partition coefficient (Wildman–Crippen LogP) is 4.16. The molecule has 2 saturated heterocycles. The number of rotatable bonds is 6. The van der Waals surface area contributed by atoms with Crippen molar-refractivity contribution in [2.24, 2.45) is 0 Å². The first kappa shape index (κ1) is 18.3. The molecule has 1 aromatic heterocycles. The number of furan rings is 1. The molecule has 144 valence electrons. The number of hydrogen-bond donors (Lipinski definition) is 2. The Hall–Kier alpha value is -2.05. The van der Waals surface area contributed by atoms with Crippen molar-refractivity contribution in [3.8, 4) is 5.75 Å². The minimum absolute atomic E-state index is 0.429. The van der Waals surface area contributed by atoms with E-state index in [1.54, 1.807) is 6.26 Å². The van der Waals surface area contributed by atoms with Gasteiger partial charge in [-0.05, 0) is 81.2 Å². The molecule has 0 saturated carbocycles. The van der Waals surface area contributed by atoms with Gasteiger partial charge in [-0.3, -0.25) is 4.90 Å². The van der Waals surface area contributed by atoms with Gasteiger partial charge >= 0.3 is 0 Å². The first-order valence-corrected chi connectivity index (χ1v) is 10.2. The van der Waals surface area contributed by atoms with E-state index in [4.69, 9.17) is 21.4 Å². The van der Waals surface area contributed by atoms with Gasteiger partial charge in [-0.15, -0.1) is 0 Å². The first-order valence-electron chi connectivity index (χ1n) is 9.79. The van der Waals surface area contributed by atoms with Crippen LogP contribution in [0.15, 0.2) is 47.1 Å². The summed E-state index contributed by atoms with van der Waals surface area (Å²) in [5, 5.41) is 7.52. The lowest BCUT2D eigenvalue weighted by atomic mass is 9.97. The van der Waals surface area contributed by atoms with Gasteiger partial charge in [0.05, 0.1) is 19.4 Å². The lowest BCUT2D eigenvalue weighted by Gasteiger charge is -2.39. The molecule has 1 aromatic carbocycles. The molecule has 0 radical (unpaired) electrons. The molecule has 2 aromatic rings. The van der Waals surface area contributed by atoms with Gasteiger partial charge in [0, 0.05) is 23.8 Å². The Balaban J connectivity index is 1.28. The molecule has 27 heavy (non-hydrogen) atoms. The lowest BCUT2D eigenvalue weighted by Crippen LogP contribution is -2.50. The second kappa shape index (κ2) is 8.31. The molecule has 2 fully saturated rings. The normalized spacial score (nSPS) is 24.6. The molecule has 2 N–H and O–H groups in total. The fourth-order valence-electron chi connectivity index (χ4n) is 4.39. The van der Waals surface area contributed by atoms with Crippen molar-refractivity contribution in [1.29, 1.82) is 0 Å². The van der Waals surface area contributed by atoms with Crippen LogP contribution in [0.25, 0.3) is 0 Å². The molecule has 0 aliphatic carbocycles. The Kier molecular flexibility index (Phi) is 5.64. The Morgan fingerprint density at radius 3 is 2.56 bits per heavy atom. The van der Waals surface area contributed by atoms with Gasteiger partial charge < -0.3 is 19.8 Å². The summed E-state index contributed by atoms with van der Waals surface area (Å²) in [7, 11) is 0. The quantitative estimate of drug-likeness (QED) is 0.728. The van der Waals surface area contributed by atoms with Crippen molar-refractivity contribution < 1.29 is 9.15 Å². The summed E-state index contributed by atoms with van der Waals surface area (Å²) in [6, 6.07) is 13.6. The number of nitrogens with one attached hydrogen (secondary N) is 2. The smallest absolute Gasteiger partial charge is 0.170 e. The highest BCUT2D eigenvalue weighted by Gasteiger charge is 2.41. The van der Waals surface area contributed by atoms with Crippen molar-refractivity contribution in [3.05, 3.63) is 48.4 Å². The van der Waals surface area contributed by atoms with Crippen LogP contribution in [0.5, 0.6) is 5.75 Å². The third kappa shape index (κ3) is 4.45. The van der Waals surface area contributed by atoms with Crippen LogP contribution in [-0.4, -0.2) is 34.7 Å². The summed E-state index contributed by atoms with van der Waals surface area (Å²) in [4.78, 5) is 2.61. The van der Waals surface area contributed by atoms with Crippen LogP contribution in [-0.2, 0) is 6.54 Å². The van der Waals surface area contributed by atoms with Gasteiger partial charge in [-0.2, -0.15) is 0 Å². The van der Waals surface area contributed by atoms with Gasteiger partial charge in [0.2, 0.25) is 0 Å². The SMILES string of the molecule is CCOc1ccc(NC(=S)NC2C[C@H]3CC[C@@H](C2)N3Cc2ccco2)cc1. The molecular formula is C21H27N3O2S. The maximum atomic E-state index is 5.55. The Morgan fingerprint density at radius 2 is 1.93 bits per heavy atom. The van der Waals surface area contributed by atoms with E-state index in [9.17, 15) is 0 Å². The average molecular weight is 386 g/mol. The van der Waals surface area contributed by atoms with Crippen LogP contribution in [0.2, 0.25) is 0 Å². The summed E-state index contributed by atoms with van der Waals surface area (Å²) in [5.74, 6) is 1.94. The van der Waals surface area contributed by atoms with Crippen LogP contribution >= 0.6 is 12.2 Å². The molecule has 6 heteroatoms. The highest BCUT2D eigenvalue weighted by molar-refractivity contribution is 7.80. The molecule has 2 bridgehead atoms. The van der Waals surface area contributed by atoms with E-state index in [1.807, 2.05) is 37.3 Å². The first-order chi connectivity index (χ1) is 13.2. The van der Waals surface area contributed by atoms with Gasteiger partial charge in [-0.1, -0.05) is 0 Å². The summed E-state index contributed by atoms with van der Waals surface area (Å²) in [6.45, 7) is 3.58. The zero-order valence-corrected chi connectivity index (χ0v) is 16.5. The molecule has 4 rings (SSSR count). The van der Waals surface area contributed by atoms with E-state index in [0.29, 0.717) is 29.8 Å². The van der Waals surface area contributed by atoms with E-state index in [0.717, 1.165) is 36.6 Å². The van der Waals surface area contributed by atoms with Crippen molar-refractivity contribution in [3.63, 3.8) is 0 Å². The molecular weight excluding hydrogens is 358 g/mol. The fraction of sp³-hybridized carbons (Fsp3) is 0.476. The minimum atomic E-state index is 0.429. The number of hydrogen-bond acceptors (Lipinski definition) is 4. The highest BCUT2D eigenvalue weighted by Crippen LogP contribution is 2.37. The number of benzene rings is 1. The summed E-state index contributed by atoms with van der Waals surface area (Å²) >= 11 is 5.54. The van der Waals surface area contributed by atoms with Gasteiger partial charge in [0.15, 0.2) is 5.11 Å². The van der Waals surface area contributed by atoms with E-state index >= 15 is 0 Å². The van der Waals surface area contributed by atoms with Crippen molar-refractivity contribution in [1.82, 2.24) is 10.2 Å². The summed E-state index contributed by atoms with van der Waals surface area (Å²) < 4.78 is 11.0. The van der Waals surface area contributed by atoms with Crippen LogP contribution in [0.1, 0.15) is 38.4 Å². The topological polar surface area (TPSA) is 49.7 Å². The van der Waals surface area contributed by atoms with Crippen LogP contribution in [0, 0.1) is 0 Å². The van der Waals surface area contributed by atoms with Crippen LogP contribution < -0.4 is 15.4 Å². The molecule has 0 spiro atoms. The Labute approximate surface area is 166 Å². The zero-order valence-electron chi connectivity index (χ0n) is 15.7. The third-order valence-corrected chi connectivity index (χ3v) is 5.78. The number of ether oxygens (including phenoxy) is 1. The number of piperidine rings is 1. The van der Waals surface area contributed by atoms with Crippen molar-refractivity contribution in [2.75, 3.05) is 11.9 Å². The molecule has 0 amide bonds. The summed E-state index contributed by atoms with van der Waals surface area (Å²) in [5.41, 5.74) is 0.981. The standard InChI is InChI=1S/C21H27N3O2S/c1-2-25-19-9-5-15(6-10-19)22-21(27)23-16-12-17-7-8-18(13-16)24(17)14-20-4-3-11-26-20/h3-6,9-11,16-18H,2,7-8,12-14H2,1H3,(H2,22,23,27)/t16?,17-,18+. The number of fused-ring (bicyclic) bond motifs is 2. The molecule has 2 aliphatic rings. The monoisotopic (exact) mass is 385 g/mol. The second-order valence-electron chi connectivity index (χ2n) is 7.36. The zero-order chi connectivity index (χ0) is 18.6. The molecule has 2 aliphatic heterocycles. The fourth-order valence-corrected chi connectivity index (χ4v) is 4.67. The molecule has 5 nitrogen and oxygen atoms in total. The predicted molar refractivity (Wildman–Crippen MR) is 111 cm³/mol. The molecule has 3 atom stereocenters. The van der Waals surface area contributed by atoms with Gasteiger partial charge in [0.25, 0.3) is 0 Å².